The topological polar surface area (TPSA) is 84.9 Å². The molecule has 1 aliphatic rings. The molecule has 0 amide bonds. The number of rotatable bonds is 7. The van der Waals surface area contributed by atoms with Gasteiger partial charge in [0, 0.05) is 6.04 Å². The molecule has 0 saturated carbocycles. The molecule has 0 spiro atoms. The highest BCUT2D eigenvalue weighted by atomic mass is 16.8. The van der Waals surface area contributed by atoms with Crippen LogP contribution in [-0.2, 0) is 20.7 Å². The van der Waals surface area contributed by atoms with Crippen LogP contribution in [-0.4, -0.2) is 34.2 Å². The van der Waals surface area contributed by atoms with Gasteiger partial charge in [0.1, 0.15) is 23.4 Å². The fourth-order valence-electron chi connectivity index (χ4n) is 5.13. The number of nitrogens with two attached hydrogens (primary N) is 1. The monoisotopic (exact) mass is 539 g/mol. The number of hydrogen-bond donors (Lipinski definition) is 3. The molecule has 1 fully saturated rings. The van der Waals surface area contributed by atoms with Crippen LogP contribution in [0.25, 0.3) is 0 Å². The van der Waals surface area contributed by atoms with Gasteiger partial charge in [-0.2, -0.15) is 0 Å². The number of hydrogen-bond acceptors (Lipinski definition) is 5. The van der Waals surface area contributed by atoms with E-state index in [2.05, 4.69) is 6.92 Å². The second-order valence-electron chi connectivity index (χ2n) is 10.9. The molecule has 0 bridgehead atoms. The molecule has 0 aliphatic carbocycles. The zero-order valence-electron chi connectivity index (χ0n) is 23.8. The van der Waals surface area contributed by atoms with Gasteiger partial charge in [-0.15, -0.1) is 0 Å². The van der Waals surface area contributed by atoms with Crippen molar-refractivity contribution in [1.82, 2.24) is 0 Å². The van der Waals surface area contributed by atoms with Crippen LogP contribution in [0.1, 0.15) is 56.4 Å². The maximum absolute atomic E-state index is 12.6. The molecule has 4 aromatic rings. The minimum Gasteiger partial charge on any atom is -0.378 e. The fourth-order valence-corrected chi connectivity index (χ4v) is 5.13. The lowest BCUT2D eigenvalue weighted by atomic mass is 9.72. The third-order valence-corrected chi connectivity index (χ3v) is 7.42. The lowest BCUT2D eigenvalue weighted by Gasteiger charge is -2.42. The van der Waals surface area contributed by atoms with Gasteiger partial charge < -0.3 is 25.4 Å². The molecular weight excluding hydrogens is 498 g/mol. The zero-order valence-corrected chi connectivity index (χ0v) is 23.8. The van der Waals surface area contributed by atoms with Crippen molar-refractivity contribution in [2.24, 2.45) is 5.73 Å². The Morgan fingerprint density at radius 1 is 0.625 bits per heavy atom. The molecule has 1 saturated heterocycles. The summed E-state index contributed by atoms with van der Waals surface area (Å²) in [5, 5.41) is 25.2. The van der Waals surface area contributed by atoms with Crippen molar-refractivity contribution < 1.29 is 19.7 Å². The second kappa shape index (κ2) is 12.5. The average Bonchev–Trinajstić information content (AvgIpc) is 3.34. The normalized spacial score (nSPS) is 19.4. The van der Waals surface area contributed by atoms with Crippen LogP contribution in [0.2, 0.25) is 0 Å². The van der Waals surface area contributed by atoms with Crippen molar-refractivity contribution in [3.63, 3.8) is 0 Å². The molecule has 5 nitrogen and oxygen atoms in total. The molecule has 210 valence electrons. The minimum absolute atomic E-state index is 0.384. The Hall–Kier alpha value is -3.32. The van der Waals surface area contributed by atoms with E-state index < -0.39 is 29.2 Å². The first-order chi connectivity index (χ1) is 19.1. The Morgan fingerprint density at radius 2 is 0.850 bits per heavy atom. The van der Waals surface area contributed by atoms with Gasteiger partial charge in [-0.25, -0.2) is 0 Å². The zero-order chi connectivity index (χ0) is 28.8. The summed E-state index contributed by atoms with van der Waals surface area (Å²) < 4.78 is 13.0. The largest absolute Gasteiger partial charge is 0.378 e. The van der Waals surface area contributed by atoms with E-state index in [1.54, 1.807) is 0 Å². The predicted octanol–water partition coefficient (Wildman–Crippen LogP) is 6.12. The van der Waals surface area contributed by atoms with Gasteiger partial charge in [-0.3, -0.25) is 0 Å². The summed E-state index contributed by atoms with van der Waals surface area (Å²) in [6.45, 7) is 7.70. The molecule has 5 heteroatoms. The van der Waals surface area contributed by atoms with Crippen molar-refractivity contribution in [3.05, 3.63) is 144 Å². The van der Waals surface area contributed by atoms with Crippen molar-refractivity contribution in [2.45, 2.75) is 69.4 Å². The SMILES string of the molecule is CC1(C)O[C@@H](C(O)(c2ccccc2)c2ccccc2)[C@H](C(O)(c2ccccc2)c2ccccc2)O1.CC[C@H](C)N. The number of ether oxygens (including phenoxy) is 2. The lowest BCUT2D eigenvalue weighted by molar-refractivity contribution is -0.172. The van der Waals surface area contributed by atoms with Crippen LogP contribution in [0.4, 0.5) is 0 Å². The van der Waals surface area contributed by atoms with E-state index in [0.29, 0.717) is 28.3 Å². The third-order valence-electron chi connectivity index (χ3n) is 7.42. The van der Waals surface area contributed by atoms with Crippen LogP contribution >= 0.6 is 0 Å². The quantitative estimate of drug-likeness (QED) is 0.263. The van der Waals surface area contributed by atoms with Crippen LogP contribution in [0.15, 0.2) is 121 Å². The minimum atomic E-state index is -1.60. The van der Waals surface area contributed by atoms with Crippen molar-refractivity contribution in [2.75, 3.05) is 0 Å². The van der Waals surface area contributed by atoms with Crippen LogP contribution in [0.5, 0.6) is 0 Å². The Morgan fingerprint density at radius 3 is 1.05 bits per heavy atom. The Kier molecular flexibility index (Phi) is 9.24. The van der Waals surface area contributed by atoms with E-state index in [0.717, 1.165) is 6.42 Å². The van der Waals surface area contributed by atoms with E-state index in [1.165, 1.54) is 0 Å². The molecule has 0 radical (unpaired) electrons. The molecular formula is C35H41NO4. The Balaban J connectivity index is 0.000000681. The fraction of sp³-hybridized carbons (Fsp3) is 0.314. The predicted molar refractivity (Wildman–Crippen MR) is 160 cm³/mol. The molecule has 5 rings (SSSR count). The summed E-state index contributed by atoms with van der Waals surface area (Å²) >= 11 is 0. The molecule has 4 aromatic carbocycles. The van der Waals surface area contributed by atoms with Gasteiger partial charge in [0.05, 0.1) is 0 Å². The third kappa shape index (κ3) is 6.04. The molecule has 4 N–H and O–H groups in total. The van der Waals surface area contributed by atoms with E-state index >= 15 is 0 Å². The van der Waals surface area contributed by atoms with Gasteiger partial charge >= 0.3 is 0 Å². The van der Waals surface area contributed by atoms with Crippen LogP contribution < -0.4 is 5.73 Å². The smallest absolute Gasteiger partial charge is 0.164 e. The van der Waals surface area contributed by atoms with E-state index in [1.807, 2.05) is 142 Å². The average molecular weight is 540 g/mol. The summed E-state index contributed by atoms with van der Waals surface area (Å²) in [7, 11) is 0. The van der Waals surface area contributed by atoms with Gasteiger partial charge in [-0.05, 0) is 49.4 Å². The number of aliphatic hydroxyl groups is 2. The maximum Gasteiger partial charge on any atom is 0.164 e. The highest BCUT2D eigenvalue weighted by Gasteiger charge is 2.61. The number of benzene rings is 4. The van der Waals surface area contributed by atoms with Crippen LogP contribution in [0.3, 0.4) is 0 Å². The summed E-state index contributed by atoms with van der Waals surface area (Å²) in [4.78, 5) is 0. The molecule has 1 heterocycles. The van der Waals surface area contributed by atoms with Crippen molar-refractivity contribution in [3.8, 4) is 0 Å². The first-order valence-electron chi connectivity index (χ1n) is 13.9. The highest BCUT2D eigenvalue weighted by Crippen LogP contribution is 2.50. The van der Waals surface area contributed by atoms with Crippen LogP contribution in [0, 0.1) is 0 Å². The summed E-state index contributed by atoms with van der Waals surface area (Å²) in [6.07, 6.45) is -0.791. The standard InChI is InChI=1S/C31H30O4.C4H11N/c1-29(2)34-27(30(32,23-15-7-3-8-16-23)24-17-9-4-10-18-24)28(35-29)31(33,25-19-11-5-12-20-25)26-21-13-6-14-22-26;1-3-4(2)5/h3-22,27-28,32-33H,1-2H3;4H,3,5H2,1-2H3/t27-,28-;4-/m10/s1. The second-order valence-corrected chi connectivity index (χ2v) is 10.9. The summed E-state index contributed by atoms with van der Waals surface area (Å²) in [6, 6.07) is 38.2. The van der Waals surface area contributed by atoms with Gasteiger partial charge in [0.15, 0.2) is 5.79 Å². The maximum atomic E-state index is 12.6. The van der Waals surface area contributed by atoms with Gasteiger partial charge in [0.2, 0.25) is 0 Å². The van der Waals surface area contributed by atoms with Gasteiger partial charge in [0.25, 0.3) is 0 Å². The van der Waals surface area contributed by atoms with Crippen molar-refractivity contribution in [1.29, 1.82) is 0 Å². The van der Waals surface area contributed by atoms with E-state index in [-0.39, 0.29) is 0 Å². The molecule has 0 unspecified atom stereocenters. The Bertz CT molecular complexity index is 1130. The Labute approximate surface area is 238 Å². The molecule has 0 aromatic heterocycles. The first-order valence-corrected chi connectivity index (χ1v) is 13.9. The molecule has 1 aliphatic heterocycles. The van der Waals surface area contributed by atoms with E-state index in [9.17, 15) is 10.2 Å². The van der Waals surface area contributed by atoms with Gasteiger partial charge in [-0.1, -0.05) is 128 Å². The molecule has 3 atom stereocenters. The lowest BCUT2D eigenvalue weighted by Crippen LogP contribution is -2.54. The van der Waals surface area contributed by atoms with Crippen molar-refractivity contribution >= 4 is 0 Å². The highest BCUT2D eigenvalue weighted by molar-refractivity contribution is 5.43. The summed E-state index contributed by atoms with van der Waals surface area (Å²) in [5.41, 5.74) is 4.73. The molecule has 40 heavy (non-hydrogen) atoms. The summed E-state index contributed by atoms with van der Waals surface area (Å²) in [5.74, 6) is -1.05. The first kappa shape index (κ1) is 29.7. The van der Waals surface area contributed by atoms with E-state index in [4.69, 9.17) is 15.2 Å².